The van der Waals surface area contributed by atoms with Gasteiger partial charge in [-0.2, -0.15) is 0 Å². The number of nitrogens with zero attached hydrogens (tertiary/aromatic N) is 6. The van der Waals surface area contributed by atoms with E-state index in [9.17, 15) is 24.0 Å². The number of hydrogen-bond donors (Lipinski definition) is 5. The van der Waals surface area contributed by atoms with Crippen LogP contribution in [0.2, 0.25) is 0 Å². The molecule has 0 saturated carbocycles. The molecule has 0 spiro atoms. The molecule has 2 aliphatic heterocycles. The molecule has 4 aromatic carbocycles. The number of hydrogen-bond acceptors (Lipinski definition) is 8. The number of amides is 5. The van der Waals surface area contributed by atoms with Gasteiger partial charge in [0.15, 0.2) is 0 Å². The Hall–Kier alpha value is -9.44. The molecule has 5 N–H and O–H groups in total. The van der Waals surface area contributed by atoms with E-state index < -0.39 is 21.7 Å². The van der Waals surface area contributed by atoms with Crippen LogP contribution in [0.15, 0.2) is 140 Å². The van der Waals surface area contributed by atoms with E-state index >= 15 is 0 Å². The second-order valence-electron chi connectivity index (χ2n) is 27.4. The molecule has 0 fully saturated rings. The van der Waals surface area contributed by atoms with Crippen LogP contribution >= 0.6 is 0 Å². The van der Waals surface area contributed by atoms with Crippen LogP contribution in [0.4, 0.5) is 22.7 Å². The largest absolute Gasteiger partial charge is 2.00 e. The van der Waals surface area contributed by atoms with Crippen LogP contribution in [0.25, 0.3) is 90.5 Å². The van der Waals surface area contributed by atoms with Gasteiger partial charge in [0.1, 0.15) is 0 Å². The minimum Gasteiger partial charge on any atom is -0.657 e. The molecule has 6 heterocycles. The molecule has 8 bridgehead atoms. The second-order valence-corrected chi connectivity index (χ2v) is 27.4. The summed E-state index contributed by atoms with van der Waals surface area (Å²) in [5.41, 5.74) is 7.72. The minimum absolute atomic E-state index is 0. The maximum absolute atomic E-state index is 14.7. The third-order valence-electron chi connectivity index (χ3n) is 15.9. The Morgan fingerprint density at radius 2 is 0.783 bits per heavy atom. The van der Waals surface area contributed by atoms with Gasteiger partial charge in [-0.1, -0.05) is 199 Å². The van der Waals surface area contributed by atoms with Crippen molar-refractivity contribution in [3.05, 3.63) is 163 Å². The summed E-state index contributed by atoms with van der Waals surface area (Å²) in [6, 6.07) is 37.8. The van der Waals surface area contributed by atoms with E-state index in [1.54, 1.807) is 6.20 Å². The maximum Gasteiger partial charge on any atom is 2.00 e. The molecule has 8 aromatic rings. The van der Waals surface area contributed by atoms with Crippen LogP contribution < -0.4 is 36.6 Å². The first-order valence-corrected chi connectivity index (χ1v) is 31.2. The molecule has 0 atom stereocenters. The minimum atomic E-state index is -0.787. The van der Waals surface area contributed by atoms with E-state index in [2.05, 4.69) is 36.1 Å². The number of carbonyl (C=O) groups excluding carboxylic acids is 5. The van der Waals surface area contributed by atoms with Gasteiger partial charge < -0.3 is 41.1 Å². The van der Waals surface area contributed by atoms with Crippen LogP contribution in [-0.2, 0) is 47.6 Å². The standard InChI is InChI=1S/C75H83N11O5.Fe/c1-72(2,3)68(88)82-50-30-21-17-26-46(50)63-54-35-36-55(77-54)64(47-27-18-22-31-51(47)83-69(89)73(4,5)6)57-39-40-59(79-57)66(49-29-20-24-33-53(49)85-71(91)75(10,11)12)67-61(80-62(87)34-16-14-13-15-25-42-86-43-41-76-45-86)44-60(81-67)65(58-38-37-56(63)78-58)48-28-19-23-32-52(48)84-70(90)74(7,8)9;/h17-24,26-33,35-41,43-45H,13-16,25,34,42H2,1-12H3,(H7,77,78,79,80,81,82,83,84,85,87,88,89,90,91);/q;+2/p-2. The van der Waals surface area contributed by atoms with Gasteiger partial charge in [0.05, 0.1) is 34.8 Å². The Morgan fingerprint density at radius 1 is 0.424 bits per heavy atom. The van der Waals surface area contributed by atoms with Gasteiger partial charge in [0, 0.05) is 92.0 Å². The van der Waals surface area contributed by atoms with Crippen molar-refractivity contribution in [3.63, 3.8) is 0 Å². The molecule has 10 rings (SSSR count). The zero-order valence-corrected chi connectivity index (χ0v) is 55.6. The second kappa shape index (κ2) is 27.6. The van der Waals surface area contributed by atoms with Crippen molar-refractivity contribution in [3.8, 4) is 44.5 Å². The smallest absolute Gasteiger partial charge is 0.657 e. The topological polar surface area (TPSA) is 217 Å². The zero-order valence-electron chi connectivity index (χ0n) is 54.5. The number of benzene rings is 4. The molecule has 5 amide bonds. The van der Waals surface area contributed by atoms with E-state index in [0.717, 1.165) is 32.2 Å². The predicted octanol–water partition coefficient (Wildman–Crippen LogP) is 16.2. The molecule has 16 nitrogen and oxygen atoms in total. The number of aromatic nitrogens is 6. The summed E-state index contributed by atoms with van der Waals surface area (Å²) < 4.78 is 2.07. The van der Waals surface area contributed by atoms with Crippen molar-refractivity contribution >= 4 is 98.3 Å². The summed E-state index contributed by atoms with van der Waals surface area (Å²) in [7, 11) is 0. The molecule has 4 aromatic heterocycles. The van der Waals surface area contributed by atoms with Gasteiger partial charge in [-0.3, -0.25) is 24.0 Å². The third kappa shape index (κ3) is 15.3. The molecular weight excluding hydrogens is 1190 g/mol. The fraction of sp³-hybridized carbons (Fsp3) is 0.307. The van der Waals surface area contributed by atoms with E-state index in [4.69, 9.17) is 19.9 Å². The average Bonchev–Trinajstić information content (AvgIpc) is 1.58. The molecule has 2 aliphatic rings. The molecule has 0 saturated heterocycles. The number of unbranched alkanes of at least 4 members (excludes halogenated alkanes) is 4. The quantitative estimate of drug-likeness (QED) is 0.0429. The average molecular weight is 1270 g/mol. The fourth-order valence-electron chi connectivity index (χ4n) is 10.6. The van der Waals surface area contributed by atoms with Crippen molar-refractivity contribution in [2.75, 3.05) is 21.3 Å². The van der Waals surface area contributed by atoms with E-state index in [0.29, 0.717) is 124 Å². The van der Waals surface area contributed by atoms with Gasteiger partial charge in [0.2, 0.25) is 29.5 Å². The zero-order chi connectivity index (χ0) is 65.0. The van der Waals surface area contributed by atoms with Gasteiger partial charge >= 0.3 is 17.1 Å². The Bertz CT molecular complexity index is 4350. The van der Waals surface area contributed by atoms with Gasteiger partial charge in [0.25, 0.3) is 0 Å². The number of aryl methyl sites for hydroxylation is 1. The molecule has 0 radical (unpaired) electrons. The monoisotopic (exact) mass is 1270 g/mol. The summed E-state index contributed by atoms with van der Waals surface area (Å²) in [6.45, 7) is 23.2. The number of imidazole rings is 1. The number of carbonyl (C=O) groups is 5. The fourth-order valence-corrected chi connectivity index (χ4v) is 10.6. The molecule has 17 heteroatoms. The van der Waals surface area contributed by atoms with E-state index in [1.165, 1.54) is 0 Å². The molecule has 474 valence electrons. The van der Waals surface area contributed by atoms with Crippen molar-refractivity contribution in [1.82, 2.24) is 34.8 Å². The van der Waals surface area contributed by atoms with Gasteiger partial charge in [-0.05, 0) is 77.6 Å². The molecular formula is C75H81FeN11O5. The van der Waals surface area contributed by atoms with Gasteiger partial charge in [-0.25, -0.2) is 15.0 Å². The Kier molecular flexibility index (Phi) is 20.1. The SMILES string of the molecule is CC(C)(C)C(=O)Nc1ccccc1-c1c2nc(c(-c3ccccc3NC(=O)C(C)(C)C)c3ccc([n-]3)c(-c3ccccc3NC(=O)C(C)(C)C)c3nc(c(-c4ccccc4NC(=O)C(C)(C)C)c4ccc1[n-]4)C=C3NC(=O)CCCCCCCn1ccnc1)C=C2.[Fe+2]. The summed E-state index contributed by atoms with van der Waals surface area (Å²) in [5.74, 6) is -1.05. The number of fused-ring (bicyclic) bond motifs is 8. The summed E-state index contributed by atoms with van der Waals surface area (Å²) in [5, 5.41) is 16.2. The molecule has 0 unspecified atom stereocenters. The van der Waals surface area contributed by atoms with E-state index in [1.807, 2.05) is 235 Å². The summed E-state index contributed by atoms with van der Waals surface area (Å²) >= 11 is 0. The van der Waals surface area contributed by atoms with E-state index in [-0.39, 0.29) is 53.0 Å². The number of para-hydroxylation sites is 4. The van der Waals surface area contributed by atoms with Crippen LogP contribution in [0.5, 0.6) is 0 Å². The van der Waals surface area contributed by atoms with Crippen molar-refractivity contribution < 1.29 is 41.0 Å². The van der Waals surface area contributed by atoms with Crippen molar-refractivity contribution in [1.29, 1.82) is 0 Å². The number of anilines is 4. The van der Waals surface area contributed by atoms with Crippen molar-refractivity contribution in [2.45, 2.75) is 128 Å². The molecule has 0 aliphatic carbocycles. The first-order valence-electron chi connectivity index (χ1n) is 31.2. The number of rotatable bonds is 17. The normalized spacial score (nSPS) is 12.4. The van der Waals surface area contributed by atoms with Crippen molar-refractivity contribution in [2.24, 2.45) is 21.7 Å². The Labute approximate surface area is 549 Å². The van der Waals surface area contributed by atoms with Gasteiger partial charge in [-0.15, -0.1) is 22.1 Å². The third-order valence-corrected chi connectivity index (χ3v) is 15.9. The van der Waals surface area contributed by atoms with Crippen LogP contribution in [0.3, 0.4) is 0 Å². The number of nitrogens with one attached hydrogen (secondary N) is 5. The molecule has 92 heavy (non-hydrogen) atoms. The maximum atomic E-state index is 14.7. The van der Waals surface area contributed by atoms with Crippen LogP contribution in [0, 0.1) is 21.7 Å². The summed E-state index contributed by atoms with van der Waals surface area (Å²) in [4.78, 5) is 97.5. The Balaban J connectivity index is 0.00001000. The predicted molar refractivity (Wildman–Crippen MR) is 368 cm³/mol. The van der Waals surface area contributed by atoms with Crippen LogP contribution in [-0.4, -0.2) is 49.1 Å². The Morgan fingerprint density at radius 3 is 1.17 bits per heavy atom. The summed E-state index contributed by atoms with van der Waals surface area (Å²) in [6.07, 6.45) is 16.0. The first kappa shape index (κ1) is 67.0. The van der Waals surface area contributed by atoms with Crippen LogP contribution in [0.1, 0.15) is 144 Å². The first-order chi connectivity index (χ1) is 43.2.